The second kappa shape index (κ2) is 4.20. The number of hydrogen-bond donors (Lipinski definition) is 4. The molecule has 1 unspecified atom stereocenters. The summed E-state index contributed by atoms with van der Waals surface area (Å²) in [6.07, 6.45) is -7.23. The second-order valence-corrected chi connectivity index (χ2v) is 2.97. The van der Waals surface area contributed by atoms with Crippen LogP contribution in [0.15, 0.2) is 0 Å². The van der Waals surface area contributed by atoms with E-state index >= 15 is 0 Å². The predicted octanol–water partition coefficient (Wildman–Crippen LogP) is -2.47. The van der Waals surface area contributed by atoms with Crippen molar-refractivity contribution in [1.82, 2.24) is 0 Å². The number of aliphatic hydroxyl groups excluding tert-OH is 3. The van der Waals surface area contributed by atoms with E-state index in [-0.39, 0.29) is 0 Å². The van der Waals surface area contributed by atoms with Gasteiger partial charge >= 0.3 is 5.97 Å². The molecule has 0 aromatic heterocycles. The highest BCUT2D eigenvalue weighted by Gasteiger charge is 2.48. The third-order valence-corrected chi connectivity index (χ3v) is 2.05. The quantitative estimate of drug-likeness (QED) is 0.406. The van der Waals surface area contributed by atoms with Gasteiger partial charge in [-0.3, -0.25) is 0 Å². The SMILES string of the molecule is COC1O[C@@H]([C@H](O)C(=O)O)[C@H](O)[C@H]1O. The normalized spacial score (nSPS) is 39.7. The number of carbonyl (C=O) groups is 1. The highest BCUT2D eigenvalue weighted by molar-refractivity contribution is 5.72. The molecule has 1 aliphatic rings. The molecule has 0 spiro atoms. The Hall–Kier alpha value is -0.730. The monoisotopic (exact) mass is 208 g/mol. The fraction of sp³-hybridized carbons (Fsp3) is 0.857. The van der Waals surface area contributed by atoms with Gasteiger partial charge in [0.2, 0.25) is 0 Å². The van der Waals surface area contributed by atoms with E-state index in [0.29, 0.717) is 0 Å². The lowest BCUT2D eigenvalue weighted by molar-refractivity contribution is -0.177. The summed E-state index contributed by atoms with van der Waals surface area (Å²) in [5, 5.41) is 36.1. The number of methoxy groups -OCH3 is 1. The average molecular weight is 208 g/mol. The molecule has 0 aliphatic carbocycles. The van der Waals surface area contributed by atoms with Crippen LogP contribution in [0.25, 0.3) is 0 Å². The van der Waals surface area contributed by atoms with Gasteiger partial charge in [0.25, 0.3) is 0 Å². The molecule has 0 radical (unpaired) electrons. The van der Waals surface area contributed by atoms with E-state index in [1.807, 2.05) is 0 Å². The molecule has 0 saturated carbocycles. The van der Waals surface area contributed by atoms with Crippen LogP contribution >= 0.6 is 0 Å². The minimum absolute atomic E-state index is 1.12. The van der Waals surface area contributed by atoms with E-state index in [9.17, 15) is 15.0 Å². The molecule has 5 atom stereocenters. The molecule has 82 valence electrons. The summed E-state index contributed by atoms with van der Waals surface area (Å²) in [7, 11) is 1.23. The molecule has 4 N–H and O–H groups in total. The van der Waals surface area contributed by atoms with Crippen molar-refractivity contribution in [3.05, 3.63) is 0 Å². The van der Waals surface area contributed by atoms with Gasteiger partial charge in [0, 0.05) is 7.11 Å². The van der Waals surface area contributed by atoms with Gasteiger partial charge in [-0.05, 0) is 0 Å². The Labute approximate surface area is 79.5 Å². The Morgan fingerprint density at radius 3 is 2.36 bits per heavy atom. The zero-order valence-electron chi connectivity index (χ0n) is 7.40. The highest BCUT2D eigenvalue weighted by atomic mass is 16.7. The first kappa shape index (κ1) is 11.3. The number of aliphatic carboxylic acids is 1. The average Bonchev–Trinajstić information content (AvgIpc) is 2.43. The number of carboxylic acids is 1. The molecule has 0 bridgehead atoms. The number of hydrogen-bond acceptors (Lipinski definition) is 6. The van der Waals surface area contributed by atoms with Crippen molar-refractivity contribution in [2.45, 2.75) is 30.7 Å². The number of rotatable bonds is 3. The van der Waals surface area contributed by atoms with Crippen molar-refractivity contribution in [3.63, 3.8) is 0 Å². The first-order valence-corrected chi connectivity index (χ1v) is 3.94. The maximum atomic E-state index is 10.4. The maximum absolute atomic E-state index is 10.4. The van der Waals surface area contributed by atoms with Gasteiger partial charge in [0.05, 0.1) is 0 Å². The number of carboxylic acid groups (broad SMARTS) is 1. The summed E-state index contributed by atoms with van der Waals surface area (Å²) in [6.45, 7) is 0. The van der Waals surface area contributed by atoms with Crippen molar-refractivity contribution in [2.24, 2.45) is 0 Å². The van der Waals surface area contributed by atoms with Crippen LogP contribution in [0, 0.1) is 0 Å². The van der Waals surface area contributed by atoms with Gasteiger partial charge in [0.1, 0.15) is 18.3 Å². The number of aliphatic hydroxyl groups is 3. The van der Waals surface area contributed by atoms with Crippen LogP contribution in [-0.4, -0.2) is 64.2 Å². The lowest BCUT2D eigenvalue weighted by Gasteiger charge is -2.16. The first-order chi connectivity index (χ1) is 6.49. The largest absolute Gasteiger partial charge is 0.479 e. The van der Waals surface area contributed by atoms with Crippen LogP contribution in [-0.2, 0) is 14.3 Å². The van der Waals surface area contributed by atoms with Gasteiger partial charge in [-0.2, -0.15) is 0 Å². The van der Waals surface area contributed by atoms with Crippen LogP contribution in [0.4, 0.5) is 0 Å². The van der Waals surface area contributed by atoms with E-state index in [1.165, 1.54) is 7.11 Å². The molecule has 0 aromatic carbocycles. The molecule has 14 heavy (non-hydrogen) atoms. The lowest BCUT2D eigenvalue weighted by Crippen LogP contribution is -2.42. The molecule has 1 fully saturated rings. The molecule has 7 nitrogen and oxygen atoms in total. The van der Waals surface area contributed by atoms with Crippen molar-refractivity contribution in [3.8, 4) is 0 Å². The van der Waals surface area contributed by atoms with Gasteiger partial charge in [0.15, 0.2) is 12.4 Å². The van der Waals surface area contributed by atoms with Crippen LogP contribution < -0.4 is 0 Å². The molecular formula is C7H12O7. The Kier molecular flexibility index (Phi) is 3.40. The molecule has 1 saturated heterocycles. The fourth-order valence-corrected chi connectivity index (χ4v) is 1.27. The van der Waals surface area contributed by atoms with E-state index in [0.717, 1.165) is 0 Å². The lowest BCUT2D eigenvalue weighted by atomic mass is 10.1. The summed E-state index contributed by atoms with van der Waals surface area (Å²) in [5.41, 5.74) is 0. The smallest absolute Gasteiger partial charge is 0.335 e. The van der Waals surface area contributed by atoms with E-state index in [4.69, 9.17) is 14.9 Å². The maximum Gasteiger partial charge on any atom is 0.335 e. The highest BCUT2D eigenvalue weighted by Crippen LogP contribution is 2.24. The topological polar surface area (TPSA) is 116 Å². The van der Waals surface area contributed by atoms with E-state index < -0.39 is 36.7 Å². The molecule has 1 aliphatic heterocycles. The summed E-state index contributed by atoms with van der Waals surface area (Å²) >= 11 is 0. The predicted molar refractivity (Wildman–Crippen MR) is 41.3 cm³/mol. The fourth-order valence-electron chi connectivity index (χ4n) is 1.27. The van der Waals surface area contributed by atoms with Crippen molar-refractivity contribution in [1.29, 1.82) is 0 Å². The second-order valence-electron chi connectivity index (χ2n) is 2.97. The Morgan fingerprint density at radius 1 is 1.43 bits per heavy atom. The minimum atomic E-state index is -1.89. The van der Waals surface area contributed by atoms with Crippen molar-refractivity contribution < 1.29 is 34.7 Å². The Bertz CT molecular complexity index is 218. The van der Waals surface area contributed by atoms with Crippen LogP contribution in [0.2, 0.25) is 0 Å². The summed E-state index contributed by atoms with van der Waals surface area (Å²) in [5.74, 6) is -1.53. The van der Waals surface area contributed by atoms with Crippen LogP contribution in [0.5, 0.6) is 0 Å². The van der Waals surface area contributed by atoms with E-state index in [1.54, 1.807) is 0 Å². The van der Waals surface area contributed by atoms with E-state index in [2.05, 4.69) is 4.74 Å². The van der Waals surface area contributed by atoms with Crippen molar-refractivity contribution >= 4 is 5.97 Å². The first-order valence-electron chi connectivity index (χ1n) is 3.94. The van der Waals surface area contributed by atoms with Crippen LogP contribution in [0.1, 0.15) is 0 Å². The zero-order valence-corrected chi connectivity index (χ0v) is 7.40. The standard InChI is InChI=1S/C7H12O7/c1-13-7-3(9)2(8)5(14-7)4(10)6(11)12/h2-5,7-10H,1H3,(H,11,12)/t2-,3-,4+,5-,7?/m1/s1. The molecule has 1 heterocycles. The molecule has 7 heteroatoms. The Balaban J connectivity index is 2.69. The van der Waals surface area contributed by atoms with Gasteiger partial charge < -0.3 is 29.9 Å². The third kappa shape index (κ3) is 1.86. The molecule has 1 rings (SSSR count). The van der Waals surface area contributed by atoms with Gasteiger partial charge in [-0.1, -0.05) is 0 Å². The zero-order chi connectivity index (χ0) is 10.9. The molecule has 0 amide bonds. The summed E-state index contributed by atoms with van der Waals surface area (Å²) in [4.78, 5) is 10.4. The summed E-state index contributed by atoms with van der Waals surface area (Å²) < 4.78 is 9.42. The Morgan fingerprint density at radius 2 is 2.00 bits per heavy atom. The van der Waals surface area contributed by atoms with Crippen molar-refractivity contribution in [2.75, 3.05) is 7.11 Å². The van der Waals surface area contributed by atoms with Gasteiger partial charge in [-0.15, -0.1) is 0 Å². The van der Waals surface area contributed by atoms with Gasteiger partial charge in [-0.25, -0.2) is 4.79 Å². The minimum Gasteiger partial charge on any atom is -0.479 e. The summed E-state index contributed by atoms with van der Waals surface area (Å²) in [6, 6.07) is 0. The molecular weight excluding hydrogens is 196 g/mol. The third-order valence-electron chi connectivity index (χ3n) is 2.05. The molecule has 0 aromatic rings. The number of ether oxygens (including phenoxy) is 2. The van der Waals surface area contributed by atoms with Crippen LogP contribution in [0.3, 0.4) is 0 Å².